The lowest BCUT2D eigenvalue weighted by atomic mass is 10.1. The number of carbonyl (C=O) groups excluding carboxylic acids is 1. The first-order chi connectivity index (χ1) is 11.7. The maximum absolute atomic E-state index is 12.6. The molecule has 0 spiro atoms. The fourth-order valence-electron chi connectivity index (χ4n) is 2.16. The molecule has 0 aliphatic rings. The summed E-state index contributed by atoms with van der Waals surface area (Å²) in [5.41, 5.74) is 1.48. The number of sulfonamides is 1. The first kappa shape index (κ1) is 19.2. The van der Waals surface area contributed by atoms with Crippen LogP contribution in [0.25, 0.3) is 0 Å². The number of hydrogen-bond donors (Lipinski definition) is 1. The molecule has 0 aromatic heterocycles. The topological polar surface area (TPSA) is 75.7 Å². The molecule has 0 aliphatic heterocycles. The minimum Gasteiger partial charge on any atom is -0.495 e. The molecule has 0 saturated carbocycles. The Bertz CT molecular complexity index is 911. The highest BCUT2D eigenvalue weighted by molar-refractivity contribution is 7.89. The Labute approximate surface area is 152 Å². The van der Waals surface area contributed by atoms with Gasteiger partial charge in [-0.1, -0.05) is 17.7 Å². The van der Waals surface area contributed by atoms with Crippen molar-refractivity contribution in [1.29, 1.82) is 0 Å². The van der Waals surface area contributed by atoms with Crippen molar-refractivity contribution < 1.29 is 17.9 Å². The van der Waals surface area contributed by atoms with Crippen molar-refractivity contribution in [3.05, 3.63) is 52.5 Å². The Kier molecular flexibility index (Phi) is 5.72. The van der Waals surface area contributed by atoms with Crippen molar-refractivity contribution in [1.82, 2.24) is 4.31 Å². The van der Waals surface area contributed by atoms with Crippen molar-refractivity contribution in [2.45, 2.75) is 11.8 Å². The van der Waals surface area contributed by atoms with Gasteiger partial charge in [-0.05, 0) is 42.8 Å². The van der Waals surface area contributed by atoms with Gasteiger partial charge in [0.25, 0.3) is 5.91 Å². The highest BCUT2D eigenvalue weighted by Crippen LogP contribution is 2.28. The van der Waals surface area contributed by atoms with Crippen molar-refractivity contribution >= 4 is 33.2 Å². The van der Waals surface area contributed by atoms with Gasteiger partial charge in [-0.2, -0.15) is 0 Å². The predicted octanol–water partition coefficient (Wildman–Crippen LogP) is 3.16. The van der Waals surface area contributed by atoms with Crippen LogP contribution in [0, 0.1) is 6.92 Å². The van der Waals surface area contributed by atoms with Crippen LogP contribution in [0.2, 0.25) is 5.02 Å². The van der Waals surface area contributed by atoms with Crippen molar-refractivity contribution in [3.8, 4) is 5.75 Å². The molecule has 2 rings (SSSR count). The zero-order valence-corrected chi connectivity index (χ0v) is 15.9. The quantitative estimate of drug-likeness (QED) is 0.861. The molecule has 0 aliphatic carbocycles. The van der Waals surface area contributed by atoms with Crippen LogP contribution in [0.3, 0.4) is 0 Å². The molecule has 25 heavy (non-hydrogen) atoms. The molecule has 0 radical (unpaired) electrons. The van der Waals surface area contributed by atoms with E-state index >= 15 is 0 Å². The van der Waals surface area contributed by atoms with E-state index in [9.17, 15) is 13.2 Å². The summed E-state index contributed by atoms with van der Waals surface area (Å²) in [4.78, 5) is 12.6. The summed E-state index contributed by atoms with van der Waals surface area (Å²) in [5, 5.41) is 2.86. The van der Waals surface area contributed by atoms with E-state index in [4.69, 9.17) is 16.3 Å². The summed E-state index contributed by atoms with van der Waals surface area (Å²) < 4.78 is 30.8. The average molecular weight is 383 g/mol. The van der Waals surface area contributed by atoms with Crippen LogP contribution in [0.15, 0.2) is 41.3 Å². The number of rotatable bonds is 5. The lowest BCUT2D eigenvalue weighted by Gasteiger charge is -2.14. The number of nitrogens with zero attached hydrogens (tertiary/aromatic N) is 1. The normalized spacial score (nSPS) is 11.4. The highest BCUT2D eigenvalue weighted by Gasteiger charge is 2.21. The van der Waals surface area contributed by atoms with Crippen LogP contribution in [0.5, 0.6) is 5.75 Å². The van der Waals surface area contributed by atoms with Gasteiger partial charge in [0, 0.05) is 14.1 Å². The Morgan fingerprint density at radius 2 is 1.84 bits per heavy atom. The van der Waals surface area contributed by atoms with E-state index < -0.39 is 15.9 Å². The number of halogens is 1. The third-order valence-electron chi connectivity index (χ3n) is 3.56. The first-order valence-corrected chi connectivity index (χ1v) is 9.16. The van der Waals surface area contributed by atoms with Gasteiger partial charge in [-0.3, -0.25) is 4.79 Å². The van der Waals surface area contributed by atoms with Gasteiger partial charge < -0.3 is 10.1 Å². The molecular weight excluding hydrogens is 364 g/mol. The van der Waals surface area contributed by atoms with E-state index in [2.05, 4.69) is 5.32 Å². The van der Waals surface area contributed by atoms with Gasteiger partial charge in [-0.25, -0.2) is 12.7 Å². The molecule has 0 heterocycles. The second kappa shape index (κ2) is 7.43. The molecule has 2 aromatic rings. The van der Waals surface area contributed by atoms with Gasteiger partial charge in [0.1, 0.15) is 5.75 Å². The zero-order chi connectivity index (χ0) is 18.8. The number of ether oxygens (including phenoxy) is 1. The number of nitrogens with one attached hydrogen (secondary N) is 1. The van der Waals surface area contributed by atoms with Crippen LogP contribution in [0.4, 0.5) is 5.69 Å². The van der Waals surface area contributed by atoms with E-state index in [-0.39, 0.29) is 15.5 Å². The summed E-state index contributed by atoms with van der Waals surface area (Å²) >= 11 is 6.09. The highest BCUT2D eigenvalue weighted by atomic mass is 35.5. The molecular formula is C17H19ClN2O4S. The lowest BCUT2D eigenvalue weighted by Crippen LogP contribution is -2.23. The smallest absolute Gasteiger partial charge is 0.257 e. The largest absolute Gasteiger partial charge is 0.495 e. The molecule has 1 amide bonds. The number of hydrogen-bond acceptors (Lipinski definition) is 4. The van der Waals surface area contributed by atoms with E-state index in [0.29, 0.717) is 11.4 Å². The first-order valence-electron chi connectivity index (χ1n) is 7.35. The minimum atomic E-state index is -3.67. The molecule has 2 aromatic carbocycles. The molecule has 1 N–H and O–H groups in total. The number of methoxy groups -OCH3 is 1. The molecule has 0 fully saturated rings. The maximum atomic E-state index is 12.6. The molecule has 0 saturated heterocycles. The Balaban J connectivity index is 2.42. The summed E-state index contributed by atoms with van der Waals surface area (Å²) in [5.74, 6) is -0.0307. The third kappa shape index (κ3) is 4.12. The van der Waals surface area contributed by atoms with Crippen molar-refractivity contribution in [2.75, 3.05) is 26.5 Å². The monoisotopic (exact) mass is 382 g/mol. The number of anilines is 1. The van der Waals surface area contributed by atoms with Gasteiger partial charge in [0.05, 0.1) is 28.3 Å². The fraction of sp³-hybridized carbons (Fsp3) is 0.235. The van der Waals surface area contributed by atoms with E-state index in [0.717, 1.165) is 9.87 Å². The second-order valence-corrected chi connectivity index (χ2v) is 8.15. The Hall–Kier alpha value is -2.09. The Morgan fingerprint density at radius 3 is 2.44 bits per heavy atom. The number of amides is 1. The zero-order valence-electron chi connectivity index (χ0n) is 14.3. The van der Waals surface area contributed by atoms with E-state index in [1.165, 1.54) is 39.4 Å². The van der Waals surface area contributed by atoms with Crippen molar-refractivity contribution in [3.63, 3.8) is 0 Å². The van der Waals surface area contributed by atoms with Crippen LogP contribution in [-0.2, 0) is 10.0 Å². The molecule has 134 valence electrons. The Morgan fingerprint density at radius 1 is 1.16 bits per heavy atom. The summed E-state index contributed by atoms with van der Waals surface area (Å²) in [6, 6.07) is 9.35. The molecule has 0 unspecified atom stereocenters. The number of carbonyl (C=O) groups is 1. The third-order valence-corrected chi connectivity index (χ3v) is 5.70. The van der Waals surface area contributed by atoms with E-state index in [1.54, 1.807) is 12.1 Å². The fourth-order valence-corrected chi connectivity index (χ4v) is 3.29. The van der Waals surface area contributed by atoms with Crippen LogP contribution in [0.1, 0.15) is 15.9 Å². The predicted molar refractivity (Wildman–Crippen MR) is 98.0 cm³/mol. The van der Waals surface area contributed by atoms with Gasteiger partial charge in [-0.15, -0.1) is 0 Å². The molecule has 6 nitrogen and oxygen atoms in total. The molecule has 8 heteroatoms. The molecule has 0 atom stereocenters. The number of aryl methyl sites for hydroxylation is 1. The van der Waals surface area contributed by atoms with Gasteiger partial charge in [0.2, 0.25) is 10.0 Å². The lowest BCUT2D eigenvalue weighted by molar-refractivity contribution is 0.102. The SMILES string of the molecule is COc1ccc(C)cc1NC(=O)c1cc(S(=O)(=O)N(C)C)ccc1Cl. The maximum Gasteiger partial charge on any atom is 0.257 e. The summed E-state index contributed by atoms with van der Waals surface area (Å²) in [6.45, 7) is 1.88. The molecule has 0 bridgehead atoms. The second-order valence-electron chi connectivity index (χ2n) is 5.59. The average Bonchev–Trinajstić information content (AvgIpc) is 2.55. The summed E-state index contributed by atoms with van der Waals surface area (Å²) in [6.07, 6.45) is 0. The minimum absolute atomic E-state index is 0.0109. The van der Waals surface area contributed by atoms with Gasteiger partial charge in [0.15, 0.2) is 0 Å². The standard InChI is InChI=1S/C17H19ClN2O4S/c1-11-5-8-16(24-4)15(9-11)19-17(21)13-10-12(6-7-14(13)18)25(22,23)20(2)3/h5-10H,1-4H3,(H,19,21). The van der Waals surface area contributed by atoms with Crippen LogP contribution < -0.4 is 10.1 Å². The summed E-state index contributed by atoms with van der Waals surface area (Å²) in [7, 11) is 0.661. The van der Waals surface area contributed by atoms with E-state index in [1.807, 2.05) is 13.0 Å². The number of benzene rings is 2. The van der Waals surface area contributed by atoms with Crippen LogP contribution >= 0.6 is 11.6 Å². The van der Waals surface area contributed by atoms with Crippen molar-refractivity contribution in [2.24, 2.45) is 0 Å². The van der Waals surface area contributed by atoms with Gasteiger partial charge >= 0.3 is 0 Å². The van der Waals surface area contributed by atoms with Crippen LogP contribution in [-0.4, -0.2) is 39.8 Å².